The van der Waals surface area contributed by atoms with Crippen molar-refractivity contribution in [3.63, 3.8) is 0 Å². The van der Waals surface area contributed by atoms with E-state index in [0.29, 0.717) is 32.8 Å². The summed E-state index contributed by atoms with van der Waals surface area (Å²) in [5.41, 5.74) is 2.15. The van der Waals surface area contributed by atoms with Crippen LogP contribution in [0, 0.1) is 0 Å². The fourth-order valence-corrected chi connectivity index (χ4v) is 4.69. The summed E-state index contributed by atoms with van der Waals surface area (Å²) in [4.78, 5) is 54.5. The normalized spacial score (nSPS) is 23.7. The van der Waals surface area contributed by atoms with Gasteiger partial charge >= 0.3 is 6.03 Å². The lowest BCUT2D eigenvalue weighted by atomic mass is 9.89. The summed E-state index contributed by atoms with van der Waals surface area (Å²) >= 11 is 0. The van der Waals surface area contributed by atoms with Crippen molar-refractivity contribution >= 4 is 23.8 Å². The first-order valence-electron chi connectivity index (χ1n) is 11.5. The molecule has 1 aromatic carbocycles. The van der Waals surface area contributed by atoms with E-state index in [9.17, 15) is 19.2 Å². The van der Waals surface area contributed by atoms with Crippen molar-refractivity contribution in [3.05, 3.63) is 35.4 Å². The number of urea groups is 1. The topological polar surface area (TPSA) is 111 Å². The maximum absolute atomic E-state index is 13.0. The number of fused-ring (bicyclic) bond motifs is 1. The van der Waals surface area contributed by atoms with Crippen LogP contribution in [0.4, 0.5) is 4.79 Å². The van der Waals surface area contributed by atoms with Crippen molar-refractivity contribution in [1.82, 2.24) is 25.3 Å². The Hall–Kier alpha value is -2.98. The Bertz CT molecular complexity index is 922. The largest absolute Gasteiger partial charge is 0.378 e. The van der Waals surface area contributed by atoms with Gasteiger partial charge < -0.3 is 19.9 Å². The van der Waals surface area contributed by atoms with Gasteiger partial charge in [0.25, 0.3) is 0 Å². The molecule has 0 aromatic heterocycles. The van der Waals surface area contributed by atoms with Gasteiger partial charge in [-0.05, 0) is 17.7 Å². The molecule has 3 aliphatic heterocycles. The average Bonchev–Trinajstić information content (AvgIpc) is 2.83. The number of amides is 5. The monoisotopic (exact) mass is 457 g/mol. The summed E-state index contributed by atoms with van der Waals surface area (Å²) in [6, 6.07) is 7.10. The van der Waals surface area contributed by atoms with Gasteiger partial charge in [0.1, 0.15) is 12.6 Å². The smallest absolute Gasteiger partial charge is 0.324 e. The van der Waals surface area contributed by atoms with Crippen LogP contribution in [0.15, 0.2) is 24.3 Å². The van der Waals surface area contributed by atoms with Gasteiger partial charge in [0.2, 0.25) is 17.7 Å². The highest BCUT2D eigenvalue weighted by molar-refractivity contribution is 5.98. The Kier molecular flexibility index (Phi) is 7.24. The van der Waals surface area contributed by atoms with Crippen molar-refractivity contribution in [3.8, 4) is 0 Å². The number of rotatable bonds is 6. The molecule has 178 valence electrons. The number of ether oxygens (including phenoxy) is 1. The quantitative estimate of drug-likeness (QED) is 0.617. The van der Waals surface area contributed by atoms with Crippen molar-refractivity contribution < 1.29 is 23.9 Å². The summed E-state index contributed by atoms with van der Waals surface area (Å²) < 4.78 is 5.51. The number of hydrogen-bond donors (Lipinski definition) is 2. The van der Waals surface area contributed by atoms with E-state index in [-0.39, 0.29) is 49.2 Å². The first kappa shape index (κ1) is 23.2. The van der Waals surface area contributed by atoms with Crippen LogP contribution < -0.4 is 10.6 Å². The zero-order chi connectivity index (χ0) is 23.4. The maximum atomic E-state index is 13.0. The van der Waals surface area contributed by atoms with Crippen LogP contribution in [-0.4, -0.2) is 97.0 Å². The highest BCUT2D eigenvalue weighted by Gasteiger charge is 2.33. The molecule has 10 heteroatoms. The molecule has 10 nitrogen and oxygen atoms in total. The molecular formula is C23H31N5O5. The Morgan fingerprint density at radius 3 is 2.82 bits per heavy atom. The molecule has 2 saturated heterocycles. The Balaban J connectivity index is 1.41. The van der Waals surface area contributed by atoms with Crippen LogP contribution in [0.1, 0.15) is 30.4 Å². The molecule has 2 unspecified atom stereocenters. The van der Waals surface area contributed by atoms with Crippen LogP contribution >= 0.6 is 0 Å². The number of carbonyl (C=O) groups is 4. The number of nitrogens with one attached hydrogen (secondary N) is 2. The fraction of sp³-hybridized carbons (Fsp3) is 0.565. The lowest BCUT2D eigenvalue weighted by molar-refractivity contribution is -0.134. The van der Waals surface area contributed by atoms with Crippen LogP contribution in [0.2, 0.25) is 0 Å². The fourth-order valence-electron chi connectivity index (χ4n) is 4.69. The highest BCUT2D eigenvalue weighted by Crippen LogP contribution is 2.28. The molecule has 2 N–H and O–H groups in total. The number of morpholine rings is 1. The molecule has 3 heterocycles. The molecule has 0 spiro atoms. The van der Waals surface area contributed by atoms with Gasteiger partial charge in [-0.25, -0.2) is 4.79 Å². The second kappa shape index (κ2) is 10.3. The molecule has 1 aromatic rings. The lowest BCUT2D eigenvalue weighted by Gasteiger charge is -2.37. The van der Waals surface area contributed by atoms with Crippen LogP contribution in [0.25, 0.3) is 0 Å². The molecule has 0 saturated carbocycles. The number of imide groups is 1. The van der Waals surface area contributed by atoms with Crippen molar-refractivity contribution in [2.75, 3.05) is 52.5 Å². The second-order valence-corrected chi connectivity index (χ2v) is 8.66. The maximum Gasteiger partial charge on any atom is 0.324 e. The molecule has 5 amide bonds. The van der Waals surface area contributed by atoms with Crippen molar-refractivity contribution in [2.24, 2.45) is 0 Å². The van der Waals surface area contributed by atoms with E-state index in [1.165, 1.54) is 4.90 Å². The highest BCUT2D eigenvalue weighted by atomic mass is 16.5. The molecule has 33 heavy (non-hydrogen) atoms. The molecule has 4 rings (SSSR count). The first-order chi connectivity index (χ1) is 16.0. The van der Waals surface area contributed by atoms with Gasteiger partial charge in [0, 0.05) is 45.1 Å². The molecule has 0 bridgehead atoms. The van der Waals surface area contributed by atoms with E-state index < -0.39 is 6.03 Å². The summed E-state index contributed by atoms with van der Waals surface area (Å²) in [6.07, 6.45) is 0.191. The van der Waals surface area contributed by atoms with Gasteiger partial charge in [-0.2, -0.15) is 0 Å². The third-order valence-electron chi connectivity index (χ3n) is 6.59. The molecule has 0 radical (unpaired) electrons. The molecule has 3 aliphatic rings. The van der Waals surface area contributed by atoms with Gasteiger partial charge in [-0.15, -0.1) is 0 Å². The Morgan fingerprint density at radius 2 is 2.03 bits per heavy atom. The zero-order valence-electron chi connectivity index (χ0n) is 18.9. The van der Waals surface area contributed by atoms with Crippen molar-refractivity contribution in [1.29, 1.82) is 0 Å². The SMILES string of the molecule is CCN1CCOCC1C(=O)NCC1CN(C(=O)CN2CCC(=O)NC2=O)Cc2ccccc21. The Morgan fingerprint density at radius 1 is 1.21 bits per heavy atom. The number of carbonyl (C=O) groups excluding carboxylic acids is 4. The van der Waals surface area contributed by atoms with E-state index in [1.54, 1.807) is 4.90 Å². The predicted octanol–water partition coefficient (Wildman–Crippen LogP) is -0.109. The van der Waals surface area contributed by atoms with E-state index in [0.717, 1.165) is 24.2 Å². The molecular weight excluding hydrogens is 426 g/mol. The van der Waals surface area contributed by atoms with Crippen LogP contribution in [0.3, 0.4) is 0 Å². The number of likely N-dealkylation sites (N-methyl/N-ethyl adjacent to an activating group) is 1. The lowest BCUT2D eigenvalue weighted by Crippen LogP contribution is -2.55. The van der Waals surface area contributed by atoms with Gasteiger partial charge in [0.05, 0.1) is 13.2 Å². The summed E-state index contributed by atoms with van der Waals surface area (Å²) in [6.45, 7) is 6.03. The summed E-state index contributed by atoms with van der Waals surface area (Å²) in [5.74, 6) is -0.620. The third-order valence-corrected chi connectivity index (χ3v) is 6.59. The third kappa shape index (κ3) is 5.33. The van der Waals surface area contributed by atoms with E-state index in [4.69, 9.17) is 4.74 Å². The molecule has 0 aliphatic carbocycles. The number of benzene rings is 1. The van der Waals surface area contributed by atoms with E-state index in [1.807, 2.05) is 31.2 Å². The summed E-state index contributed by atoms with van der Waals surface area (Å²) in [7, 11) is 0. The predicted molar refractivity (Wildman–Crippen MR) is 119 cm³/mol. The molecule has 2 atom stereocenters. The second-order valence-electron chi connectivity index (χ2n) is 8.66. The number of hydrogen-bond acceptors (Lipinski definition) is 6. The number of nitrogens with zero attached hydrogens (tertiary/aromatic N) is 3. The van der Waals surface area contributed by atoms with E-state index >= 15 is 0 Å². The standard InChI is InChI=1S/C23H31N5O5/c1-2-26-9-10-33-15-19(26)22(31)24-11-17-13-28(12-16-5-3-4-6-18(16)17)21(30)14-27-8-7-20(29)25-23(27)32/h3-6,17,19H,2,7-15H2,1H3,(H,24,31)(H,25,29,32). The summed E-state index contributed by atoms with van der Waals surface area (Å²) in [5, 5.41) is 5.32. The minimum absolute atomic E-state index is 0.0563. The van der Waals surface area contributed by atoms with Crippen molar-refractivity contribution in [2.45, 2.75) is 31.8 Å². The first-order valence-corrected chi connectivity index (χ1v) is 11.5. The zero-order valence-corrected chi connectivity index (χ0v) is 18.9. The molecule has 2 fully saturated rings. The average molecular weight is 458 g/mol. The Labute approximate surface area is 193 Å². The van der Waals surface area contributed by atoms with Gasteiger partial charge in [-0.1, -0.05) is 31.2 Å². The van der Waals surface area contributed by atoms with E-state index in [2.05, 4.69) is 15.5 Å². The van der Waals surface area contributed by atoms with Gasteiger partial charge in [0.15, 0.2) is 0 Å². The van der Waals surface area contributed by atoms with Crippen LogP contribution in [-0.2, 0) is 25.7 Å². The van der Waals surface area contributed by atoms with Crippen LogP contribution in [0.5, 0.6) is 0 Å². The minimum atomic E-state index is -0.531. The van der Waals surface area contributed by atoms with Gasteiger partial charge in [-0.3, -0.25) is 24.6 Å². The minimum Gasteiger partial charge on any atom is -0.378 e.